The number of phenols is 2. The Kier molecular flexibility index (Phi) is 26.7. The van der Waals surface area contributed by atoms with Crippen molar-refractivity contribution in [1.82, 2.24) is 0 Å². The van der Waals surface area contributed by atoms with Crippen LogP contribution in [0.4, 0.5) is 28.4 Å². The second-order valence-electron chi connectivity index (χ2n) is 9.54. The Morgan fingerprint density at radius 1 is 0.768 bits per heavy atom. The van der Waals surface area contributed by atoms with Gasteiger partial charge >= 0.3 is 88.7 Å². The minimum absolute atomic E-state index is 0. The van der Waals surface area contributed by atoms with E-state index >= 15 is 0 Å². The molecule has 0 bridgehead atoms. The number of benzene rings is 4. The summed E-state index contributed by atoms with van der Waals surface area (Å²) in [5.74, 6) is -1.50. The molecule has 0 spiro atoms. The summed E-state index contributed by atoms with van der Waals surface area (Å²) in [6.45, 7) is 6.83. The van der Waals surface area contributed by atoms with E-state index in [1.807, 2.05) is 0 Å². The zero-order chi connectivity index (χ0) is 39.7. The Labute approximate surface area is 400 Å². The van der Waals surface area contributed by atoms with Crippen molar-refractivity contribution in [3.8, 4) is 17.2 Å². The molecule has 0 saturated heterocycles. The number of methoxy groups -OCH3 is 1. The summed E-state index contributed by atoms with van der Waals surface area (Å²) in [6.07, 6.45) is 0. The van der Waals surface area contributed by atoms with E-state index in [2.05, 4.69) is 45.7 Å². The van der Waals surface area contributed by atoms with E-state index in [0.29, 0.717) is 27.8 Å². The maximum Gasteiger partial charge on any atom is 1.00 e. The van der Waals surface area contributed by atoms with Gasteiger partial charge in [-0.25, -0.2) is 33.7 Å². The molecule has 0 heterocycles. The van der Waals surface area contributed by atoms with E-state index in [0.717, 1.165) is 6.07 Å². The number of anilines is 1. The van der Waals surface area contributed by atoms with Gasteiger partial charge in [-0.15, -0.1) is 5.11 Å². The van der Waals surface area contributed by atoms with Crippen molar-refractivity contribution in [2.45, 2.75) is 9.79 Å². The normalized spacial score (nSPS) is 11.4. The molecule has 0 aliphatic carbocycles. The molecule has 0 aliphatic rings. The topological polar surface area (TPSA) is 334 Å². The minimum atomic E-state index is -4.92. The molecule has 56 heavy (non-hydrogen) atoms. The fourth-order valence-electron chi connectivity index (χ4n) is 3.86. The Balaban J connectivity index is -0.00000179. The number of sulfone groups is 2. The predicted molar refractivity (Wildman–Crippen MR) is 183 cm³/mol. The van der Waals surface area contributed by atoms with Crippen LogP contribution in [-0.2, 0) is 57.5 Å². The minimum Gasteiger partial charge on any atom is -0.726 e. The fraction of sp³-hybridized carbons (Fsp3) is 0.143. The summed E-state index contributed by atoms with van der Waals surface area (Å²) in [4.78, 5) is -0.109. The van der Waals surface area contributed by atoms with E-state index < -0.39 is 52.0 Å². The number of rotatable bonds is 10. The standard InChI is InChI=1S/C28H26N5O7S2.Cu.3Na.2H2O4S/c1-5-41(36,37)18-9-7-17(8-10-18)30-33-27-19-11-14-22(28(35)20(19)12-13-21(27)29-3)31-32-23-15-25(40-4)26(16-24(23)34)42(38,39)6-2;;;;;2*1-5(2,3)4/h7-13,15-16,29,34-35H,1-2,5-6H2,3-4H3;;;;;2*(H2,1,2,3,4)/q-3;;3*+1;;/p-2. The summed E-state index contributed by atoms with van der Waals surface area (Å²) in [7, 11) is -14.1. The van der Waals surface area contributed by atoms with Crippen LogP contribution in [0.25, 0.3) is 10.8 Å². The van der Waals surface area contributed by atoms with E-state index in [9.17, 15) is 27.0 Å². The average Bonchev–Trinajstić information content (AvgIpc) is 3.05. The Morgan fingerprint density at radius 2 is 1.29 bits per heavy atom. The number of fused-ring (bicyclic) bond motifs is 1. The molecule has 295 valence electrons. The molecule has 0 amide bonds. The summed E-state index contributed by atoms with van der Waals surface area (Å²) in [5, 5.41) is 41.7. The van der Waals surface area contributed by atoms with Crippen molar-refractivity contribution in [2.75, 3.05) is 31.0 Å². The molecule has 0 aliphatic heterocycles. The van der Waals surface area contributed by atoms with Crippen LogP contribution in [-0.4, -0.2) is 87.8 Å². The van der Waals surface area contributed by atoms with Crippen molar-refractivity contribution >= 4 is 79.7 Å². The van der Waals surface area contributed by atoms with E-state index in [1.54, 1.807) is 19.2 Å². The molecular weight excluding hydrogens is 907 g/mol. The first-order valence-corrected chi connectivity index (χ1v) is 19.6. The van der Waals surface area contributed by atoms with Gasteiger partial charge in [0.25, 0.3) is 0 Å². The van der Waals surface area contributed by atoms with Crippen LogP contribution in [0.3, 0.4) is 0 Å². The van der Waals surface area contributed by atoms with Crippen LogP contribution in [0.2, 0.25) is 0 Å². The number of ether oxygens (including phenoxy) is 1. The molecule has 1 radical (unpaired) electrons. The largest absolute Gasteiger partial charge is 1.00 e. The number of hydrogen-bond acceptors (Lipinski definition) is 18. The fourth-order valence-corrected chi connectivity index (χ4v) is 5.61. The number of nitrogens with zero attached hydrogens (tertiary/aromatic N) is 4. The third-order valence-electron chi connectivity index (χ3n) is 6.17. The smallest absolute Gasteiger partial charge is 0.726 e. The number of nitrogens with one attached hydrogen (secondary N) is 1. The SMILES string of the molecule is O=S(=O)([O-])O.O=S(=O)([O-])O.[CH2-]CS(=O)(=O)c1ccc(N=Nc2c(NC)ccc3c(O)c(N=Nc4cc(OC)c(S(=O)(=O)C[CH2-])cc4O)[c-]cc23)cc1.[Cu].[Na+].[Na+].[Na+]. The third kappa shape index (κ3) is 18.7. The Bertz CT molecular complexity index is 2400. The van der Waals surface area contributed by atoms with Gasteiger partial charge in [-0.1, -0.05) is 28.3 Å². The molecule has 0 saturated carbocycles. The number of azo groups is 2. The van der Waals surface area contributed by atoms with E-state index in [-0.39, 0.29) is 144 Å². The molecule has 4 aromatic carbocycles. The van der Waals surface area contributed by atoms with Gasteiger partial charge in [0.15, 0.2) is 19.7 Å². The van der Waals surface area contributed by atoms with Crippen molar-refractivity contribution in [3.05, 3.63) is 74.5 Å². The predicted octanol–water partition coefficient (Wildman–Crippen LogP) is -4.83. The number of aromatic hydroxyl groups is 2. The van der Waals surface area contributed by atoms with Gasteiger partial charge in [0.2, 0.25) is 20.8 Å². The summed E-state index contributed by atoms with van der Waals surface area (Å²) in [6, 6.07) is 15.8. The number of phenolic OH excluding ortho intramolecular Hbond substituents is 2. The maximum absolute atomic E-state index is 12.3. The van der Waals surface area contributed by atoms with Gasteiger partial charge in [0.1, 0.15) is 22.1 Å². The van der Waals surface area contributed by atoms with Crippen LogP contribution >= 0.6 is 0 Å². The monoisotopic (exact) mass is 934 g/mol. The maximum atomic E-state index is 12.3. The summed E-state index contributed by atoms with van der Waals surface area (Å²) >= 11 is 0. The first-order chi connectivity index (χ1) is 23.9. The van der Waals surface area contributed by atoms with Gasteiger partial charge in [-0.2, -0.15) is 27.5 Å². The first kappa shape index (κ1) is 59.0. The van der Waals surface area contributed by atoms with Crippen molar-refractivity contribution in [2.24, 2.45) is 20.5 Å². The van der Waals surface area contributed by atoms with E-state index in [4.69, 9.17) is 39.8 Å². The van der Waals surface area contributed by atoms with Gasteiger partial charge in [0, 0.05) is 53.4 Å². The van der Waals surface area contributed by atoms with Crippen LogP contribution in [0.1, 0.15) is 0 Å². The molecule has 0 fully saturated rings. The second-order valence-corrected chi connectivity index (χ2v) is 15.4. The average molecular weight is 935 g/mol. The Morgan fingerprint density at radius 3 is 1.75 bits per heavy atom. The molecule has 20 nitrogen and oxygen atoms in total. The van der Waals surface area contributed by atoms with Gasteiger partial charge < -0.3 is 43.2 Å². The van der Waals surface area contributed by atoms with Crippen LogP contribution in [0, 0.1) is 19.9 Å². The molecular formula is C28H28CuN5Na3O15S4-2. The van der Waals surface area contributed by atoms with Crippen LogP contribution in [0.15, 0.2) is 84.8 Å². The van der Waals surface area contributed by atoms with Crippen molar-refractivity contribution < 1.29 is 173 Å². The molecule has 5 N–H and O–H groups in total. The molecule has 0 unspecified atom stereocenters. The quantitative estimate of drug-likeness (QED) is 0.0327. The number of hydrogen-bond donors (Lipinski definition) is 5. The van der Waals surface area contributed by atoms with Crippen LogP contribution in [0.5, 0.6) is 17.2 Å². The van der Waals surface area contributed by atoms with Gasteiger partial charge in [-0.05, 0) is 30.3 Å². The van der Waals surface area contributed by atoms with Gasteiger partial charge in [-0.3, -0.25) is 9.11 Å². The second kappa shape index (κ2) is 25.4. The third-order valence-corrected chi connectivity index (χ3v) is 9.23. The van der Waals surface area contributed by atoms with Gasteiger partial charge in [0.05, 0.1) is 23.4 Å². The molecule has 4 aromatic rings. The van der Waals surface area contributed by atoms with Crippen molar-refractivity contribution in [1.29, 1.82) is 0 Å². The Hall–Kier alpha value is -1.30. The first-order valence-electron chi connectivity index (χ1n) is 13.6. The molecule has 4 rings (SSSR count). The summed E-state index contributed by atoms with van der Waals surface area (Å²) in [5.41, 5.74) is 1.22. The van der Waals surface area contributed by atoms with Crippen LogP contribution < -0.4 is 98.7 Å². The zero-order valence-electron chi connectivity index (χ0n) is 30.0. The molecule has 28 heteroatoms. The van der Waals surface area contributed by atoms with Crippen molar-refractivity contribution in [3.63, 3.8) is 0 Å². The zero-order valence-corrected chi connectivity index (χ0v) is 40.2. The van der Waals surface area contributed by atoms with E-state index in [1.165, 1.54) is 43.5 Å². The molecule has 0 atom stereocenters. The molecule has 0 aromatic heterocycles. The summed E-state index contributed by atoms with van der Waals surface area (Å²) < 4.78 is 119.